The van der Waals surface area contributed by atoms with E-state index in [1.165, 1.54) is 18.4 Å². The van der Waals surface area contributed by atoms with E-state index in [2.05, 4.69) is 44.5 Å². The number of imidazole rings is 1. The molecule has 0 atom stereocenters. The second kappa shape index (κ2) is 8.53. The summed E-state index contributed by atoms with van der Waals surface area (Å²) < 4.78 is 5.42. The molecule has 2 fully saturated rings. The summed E-state index contributed by atoms with van der Waals surface area (Å²) in [7, 11) is 0. The number of pyridine rings is 1. The molecule has 7 heteroatoms. The van der Waals surface area contributed by atoms with Crippen molar-refractivity contribution in [2.45, 2.75) is 38.3 Å². The van der Waals surface area contributed by atoms with E-state index in [-0.39, 0.29) is 11.9 Å². The van der Waals surface area contributed by atoms with Crippen LogP contribution in [-0.2, 0) is 11.3 Å². The number of benzene rings is 1. The van der Waals surface area contributed by atoms with Crippen LogP contribution in [0.15, 0.2) is 36.7 Å². The molecule has 3 aromatic rings. The zero-order valence-electron chi connectivity index (χ0n) is 17.1. The van der Waals surface area contributed by atoms with Crippen LogP contribution in [0.2, 0.25) is 0 Å². The second-order valence-electron chi connectivity index (χ2n) is 8.20. The maximum Gasteiger partial charge on any atom is 0.253 e. The smallest absolute Gasteiger partial charge is 0.253 e. The topological polar surface area (TPSA) is 83.1 Å². The number of H-pyrrole nitrogens is 1. The largest absolute Gasteiger partial charge is 0.379 e. The molecule has 5 rings (SSSR count). The van der Waals surface area contributed by atoms with Crippen molar-refractivity contribution in [1.29, 1.82) is 0 Å². The highest BCUT2D eigenvalue weighted by atomic mass is 16.5. The van der Waals surface area contributed by atoms with Gasteiger partial charge in [-0.05, 0) is 24.5 Å². The van der Waals surface area contributed by atoms with Crippen LogP contribution in [0.4, 0.5) is 0 Å². The average molecular weight is 406 g/mol. The van der Waals surface area contributed by atoms with Gasteiger partial charge in [-0.2, -0.15) is 0 Å². The van der Waals surface area contributed by atoms with Crippen LogP contribution in [-0.4, -0.2) is 58.1 Å². The predicted octanol–water partition coefficient (Wildman–Crippen LogP) is 3.13. The predicted molar refractivity (Wildman–Crippen MR) is 115 cm³/mol. The first-order chi connectivity index (χ1) is 14.8. The van der Waals surface area contributed by atoms with Crippen molar-refractivity contribution in [3.05, 3.63) is 47.8 Å². The number of hydrogen-bond donors (Lipinski definition) is 2. The molecule has 0 radical (unpaired) electrons. The van der Waals surface area contributed by atoms with Gasteiger partial charge in [-0.3, -0.25) is 9.69 Å². The number of amides is 1. The highest BCUT2D eigenvalue weighted by Crippen LogP contribution is 2.25. The van der Waals surface area contributed by atoms with Crippen molar-refractivity contribution >= 4 is 17.1 Å². The van der Waals surface area contributed by atoms with Crippen molar-refractivity contribution in [1.82, 2.24) is 25.2 Å². The fourth-order valence-electron chi connectivity index (χ4n) is 4.38. The second-order valence-corrected chi connectivity index (χ2v) is 8.20. The summed E-state index contributed by atoms with van der Waals surface area (Å²) in [5.74, 6) is -0.0633. The van der Waals surface area contributed by atoms with E-state index in [0.29, 0.717) is 16.7 Å². The van der Waals surface area contributed by atoms with Crippen molar-refractivity contribution in [3.63, 3.8) is 0 Å². The Balaban J connectivity index is 1.39. The van der Waals surface area contributed by atoms with Gasteiger partial charge in [0.15, 0.2) is 5.65 Å². The minimum absolute atomic E-state index is 0.0633. The van der Waals surface area contributed by atoms with E-state index in [4.69, 9.17) is 9.72 Å². The minimum atomic E-state index is -0.0633. The fourth-order valence-corrected chi connectivity index (χ4v) is 4.38. The summed E-state index contributed by atoms with van der Waals surface area (Å²) in [5, 5.41) is 3.17. The summed E-state index contributed by atoms with van der Waals surface area (Å²) >= 11 is 0. The molecule has 3 heterocycles. The monoisotopic (exact) mass is 405 g/mol. The molecule has 1 saturated carbocycles. The number of nitrogens with one attached hydrogen (secondary N) is 2. The van der Waals surface area contributed by atoms with Crippen LogP contribution >= 0.6 is 0 Å². The zero-order valence-corrected chi connectivity index (χ0v) is 17.1. The Bertz CT molecular complexity index is 1020. The Labute approximate surface area is 175 Å². The van der Waals surface area contributed by atoms with Gasteiger partial charge in [0.1, 0.15) is 5.52 Å². The molecule has 1 aliphatic heterocycles. The highest BCUT2D eigenvalue weighted by Gasteiger charge is 2.21. The number of morpholine rings is 1. The van der Waals surface area contributed by atoms with Gasteiger partial charge >= 0.3 is 0 Å². The molecule has 0 bridgehead atoms. The van der Waals surface area contributed by atoms with Gasteiger partial charge in [0.05, 0.1) is 30.8 Å². The molecule has 2 aromatic heterocycles. The molecule has 7 nitrogen and oxygen atoms in total. The summed E-state index contributed by atoms with van der Waals surface area (Å²) in [5.41, 5.74) is 4.89. The Hall–Kier alpha value is -2.77. The van der Waals surface area contributed by atoms with Gasteiger partial charge in [0.2, 0.25) is 0 Å². The maximum atomic E-state index is 13.0. The van der Waals surface area contributed by atoms with Crippen LogP contribution in [0.25, 0.3) is 22.4 Å². The van der Waals surface area contributed by atoms with Crippen molar-refractivity contribution in [3.8, 4) is 11.3 Å². The number of fused-ring (bicyclic) bond motifs is 1. The number of nitrogens with zero attached hydrogens (tertiary/aromatic N) is 3. The maximum absolute atomic E-state index is 13.0. The van der Waals surface area contributed by atoms with Crippen molar-refractivity contribution < 1.29 is 9.53 Å². The van der Waals surface area contributed by atoms with Gasteiger partial charge in [0, 0.05) is 31.2 Å². The molecule has 1 amide bonds. The van der Waals surface area contributed by atoms with Crippen molar-refractivity contribution in [2.75, 3.05) is 26.3 Å². The van der Waals surface area contributed by atoms with Gasteiger partial charge in [0.25, 0.3) is 5.91 Å². The summed E-state index contributed by atoms with van der Waals surface area (Å²) in [4.78, 5) is 27.5. The van der Waals surface area contributed by atoms with E-state index in [1.807, 2.05) is 6.07 Å². The number of carbonyl (C=O) groups is 1. The quantitative estimate of drug-likeness (QED) is 0.681. The first kappa shape index (κ1) is 19.2. The minimum Gasteiger partial charge on any atom is -0.379 e. The van der Waals surface area contributed by atoms with E-state index in [9.17, 15) is 4.79 Å². The van der Waals surface area contributed by atoms with E-state index in [1.54, 1.807) is 6.33 Å². The summed E-state index contributed by atoms with van der Waals surface area (Å²) in [6.45, 7) is 4.47. The molecule has 2 aliphatic rings. The molecule has 1 aliphatic carbocycles. The Morgan fingerprint density at radius 1 is 1.17 bits per heavy atom. The lowest BCUT2D eigenvalue weighted by Crippen LogP contribution is -2.35. The molecule has 2 N–H and O–H groups in total. The first-order valence-electron chi connectivity index (χ1n) is 10.8. The van der Waals surface area contributed by atoms with Crippen LogP contribution in [0.1, 0.15) is 41.6 Å². The fraction of sp³-hybridized carbons (Fsp3) is 0.435. The van der Waals surface area contributed by atoms with E-state index in [0.717, 1.165) is 56.9 Å². The third-order valence-electron chi connectivity index (χ3n) is 6.08. The Kier molecular flexibility index (Phi) is 5.46. The highest BCUT2D eigenvalue weighted by molar-refractivity contribution is 6.05. The first-order valence-corrected chi connectivity index (χ1v) is 10.8. The van der Waals surface area contributed by atoms with Gasteiger partial charge in [-0.15, -0.1) is 0 Å². The lowest BCUT2D eigenvalue weighted by atomic mass is 10.1. The molecule has 30 heavy (non-hydrogen) atoms. The lowest BCUT2D eigenvalue weighted by Gasteiger charge is -2.26. The molecule has 0 spiro atoms. The number of ether oxygens (including phenoxy) is 1. The van der Waals surface area contributed by atoms with E-state index >= 15 is 0 Å². The van der Waals surface area contributed by atoms with Crippen LogP contribution in [0, 0.1) is 0 Å². The molecular weight excluding hydrogens is 378 g/mol. The number of aromatic amines is 1. The van der Waals surface area contributed by atoms with Crippen LogP contribution < -0.4 is 5.32 Å². The molecule has 0 unspecified atom stereocenters. The number of rotatable bonds is 5. The number of carbonyl (C=O) groups excluding carboxylic acids is 1. The number of hydrogen-bond acceptors (Lipinski definition) is 5. The SMILES string of the molecule is O=C(NC1CCCC1)c1cc(-c2ccc(CN3CCOCC3)cc2)nc2[nH]cnc12. The average Bonchev–Trinajstić information content (AvgIpc) is 3.46. The zero-order chi connectivity index (χ0) is 20.3. The summed E-state index contributed by atoms with van der Waals surface area (Å²) in [6, 6.07) is 10.6. The van der Waals surface area contributed by atoms with Gasteiger partial charge in [-0.25, -0.2) is 9.97 Å². The van der Waals surface area contributed by atoms with Crippen molar-refractivity contribution in [2.24, 2.45) is 0 Å². The van der Waals surface area contributed by atoms with Crippen LogP contribution in [0.5, 0.6) is 0 Å². The van der Waals surface area contributed by atoms with Gasteiger partial charge in [-0.1, -0.05) is 37.1 Å². The van der Waals surface area contributed by atoms with E-state index < -0.39 is 0 Å². The Morgan fingerprint density at radius 3 is 2.70 bits per heavy atom. The molecule has 1 saturated heterocycles. The van der Waals surface area contributed by atoms with Gasteiger partial charge < -0.3 is 15.0 Å². The third-order valence-corrected chi connectivity index (χ3v) is 6.08. The van der Waals surface area contributed by atoms with Crippen LogP contribution in [0.3, 0.4) is 0 Å². The molecular formula is C23H27N5O2. The molecule has 1 aromatic carbocycles. The summed E-state index contributed by atoms with van der Waals surface area (Å²) in [6.07, 6.45) is 6.07. The Morgan fingerprint density at radius 2 is 1.93 bits per heavy atom. The molecule has 156 valence electrons. The third kappa shape index (κ3) is 4.08. The lowest BCUT2D eigenvalue weighted by molar-refractivity contribution is 0.0342. The normalized spacial score (nSPS) is 18.1. The standard InChI is InChI=1S/C23H27N5O2/c29-23(26-18-3-1-2-4-18)19-13-20(27-22-21(19)24-15-25-22)17-7-5-16(6-8-17)14-28-9-11-30-12-10-28/h5-8,13,15,18H,1-4,9-12,14H2,(H,26,29)(H,24,25,27). The number of aromatic nitrogens is 3.